The molecule has 3 rings (SSSR count). The molecule has 23 heavy (non-hydrogen) atoms. The van der Waals surface area contributed by atoms with Crippen LogP contribution < -0.4 is 10.6 Å². The second-order valence-electron chi connectivity index (χ2n) is 7.16. The Labute approximate surface area is 159 Å². The van der Waals surface area contributed by atoms with Crippen molar-refractivity contribution in [1.29, 1.82) is 0 Å². The minimum absolute atomic E-state index is 0. The van der Waals surface area contributed by atoms with Gasteiger partial charge in [0.25, 0.3) is 0 Å². The van der Waals surface area contributed by atoms with Gasteiger partial charge in [-0.2, -0.15) is 0 Å². The molecular weight excluding hydrogens is 423 g/mol. The van der Waals surface area contributed by atoms with Crippen LogP contribution in [0.5, 0.6) is 0 Å². The Hall–Kier alpha value is -0.410. The summed E-state index contributed by atoms with van der Waals surface area (Å²) in [5.41, 5.74) is 1.26. The quantitative estimate of drug-likeness (QED) is 0.422. The van der Waals surface area contributed by atoms with E-state index in [1.54, 1.807) is 11.3 Å². The number of nitrogens with one attached hydrogen (secondary N) is 2. The fourth-order valence-electron chi connectivity index (χ4n) is 3.06. The molecule has 0 amide bonds. The summed E-state index contributed by atoms with van der Waals surface area (Å²) in [6.07, 6.45) is 4.28. The molecule has 2 aliphatic rings. The molecule has 0 radical (unpaired) electrons. The number of ether oxygens (including phenoxy) is 1. The maximum atomic E-state index is 5.88. The van der Waals surface area contributed by atoms with Crippen LogP contribution in [0, 0.1) is 0 Å². The third kappa shape index (κ3) is 4.57. The number of nitrogens with zero attached hydrogens (tertiary/aromatic N) is 2. The number of thiazole rings is 1. The van der Waals surface area contributed by atoms with Crippen molar-refractivity contribution in [2.75, 3.05) is 7.05 Å². The van der Waals surface area contributed by atoms with E-state index >= 15 is 0 Å². The Morgan fingerprint density at radius 2 is 2.22 bits per heavy atom. The number of guanidine groups is 1. The highest BCUT2D eigenvalue weighted by Gasteiger charge is 2.41. The molecule has 2 aliphatic heterocycles. The van der Waals surface area contributed by atoms with E-state index in [0.29, 0.717) is 24.8 Å². The molecule has 0 aromatic carbocycles. The van der Waals surface area contributed by atoms with Gasteiger partial charge in [-0.05, 0) is 19.3 Å². The molecule has 0 spiro atoms. The lowest BCUT2D eigenvalue weighted by molar-refractivity contribution is 0.0992. The second-order valence-corrected chi connectivity index (χ2v) is 8.11. The molecule has 1 aromatic rings. The number of aromatic nitrogens is 1. The molecule has 3 heterocycles. The fraction of sp³-hybridized carbons (Fsp3) is 0.750. The van der Waals surface area contributed by atoms with Gasteiger partial charge in [0.1, 0.15) is 5.01 Å². The molecule has 2 saturated heterocycles. The van der Waals surface area contributed by atoms with E-state index in [-0.39, 0.29) is 29.4 Å². The van der Waals surface area contributed by atoms with Gasteiger partial charge < -0.3 is 15.4 Å². The lowest BCUT2D eigenvalue weighted by Gasteiger charge is -2.22. The van der Waals surface area contributed by atoms with Gasteiger partial charge in [-0.25, -0.2) is 4.98 Å². The summed E-state index contributed by atoms with van der Waals surface area (Å²) in [6, 6.07) is 0.395. The normalized spacial score (nSPS) is 27.0. The van der Waals surface area contributed by atoms with Gasteiger partial charge in [0.2, 0.25) is 0 Å². The van der Waals surface area contributed by atoms with Crippen LogP contribution in [0.1, 0.15) is 50.7 Å². The predicted octanol–water partition coefficient (Wildman–Crippen LogP) is 3.04. The molecule has 3 unspecified atom stereocenters. The van der Waals surface area contributed by atoms with Gasteiger partial charge in [0, 0.05) is 17.8 Å². The maximum absolute atomic E-state index is 5.88. The Bertz CT molecular complexity index is 555. The van der Waals surface area contributed by atoms with E-state index in [2.05, 4.69) is 41.8 Å². The van der Waals surface area contributed by atoms with E-state index in [9.17, 15) is 0 Å². The average Bonchev–Trinajstić information content (AvgIpc) is 3.18. The Morgan fingerprint density at radius 1 is 1.43 bits per heavy atom. The SMILES string of the molecule is CN=C(NCc1nc(C(C)(C)C)cs1)NC1CC2CCC1O2.I. The van der Waals surface area contributed by atoms with Crippen LogP contribution in [0.4, 0.5) is 0 Å². The van der Waals surface area contributed by atoms with E-state index in [4.69, 9.17) is 9.72 Å². The summed E-state index contributed by atoms with van der Waals surface area (Å²) < 4.78 is 5.88. The molecule has 5 nitrogen and oxygen atoms in total. The minimum Gasteiger partial charge on any atom is -0.373 e. The predicted molar refractivity (Wildman–Crippen MR) is 106 cm³/mol. The monoisotopic (exact) mass is 450 g/mol. The highest BCUT2D eigenvalue weighted by molar-refractivity contribution is 14.0. The Kier molecular flexibility index (Phi) is 6.29. The number of hydrogen-bond donors (Lipinski definition) is 2. The molecule has 7 heteroatoms. The van der Waals surface area contributed by atoms with Crippen LogP contribution in [-0.4, -0.2) is 36.2 Å². The summed E-state index contributed by atoms with van der Waals surface area (Å²) in [5.74, 6) is 0.841. The molecule has 1 aromatic heterocycles. The van der Waals surface area contributed by atoms with E-state index in [0.717, 1.165) is 23.1 Å². The van der Waals surface area contributed by atoms with Gasteiger partial charge in [0.15, 0.2) is 5.96 Å². The summed E-state index contributed by atoms with van der Waals surface area (Å²) >= 11 is 1.70. The fourth-order valence-corrected chi connectivity index (χ4v) is 4.02. The summed E-state index contributed by atoms with van der Waals surface area (Å²) in [7, 11) is 1.81. The molecule has 3 atom stereocenters. The summed E-state index contributed by atoms with van der Waals surface area (Å²) in [4.78, 5) is 9.03. The van der Waals surface area contributed by atoms with Gasteiger partial charge in [-0.15, -0.1) is 35.3 Å². The van der Waals surface area contributed by atoms with Gasteiger partial charge >= 0.3 is 0 Å². The number of rotatable bonds is 3. The van der Waals surface area contributed by atoms with Crippen LogP contribution in [0.15, 0.2) is 10.4 Å². The molecular formula is C16H27IN4OS. The van der Waals surface area contributed by atoms with Crippen molar-refractivity contribution in [2.24, 2.45) is 4.99 Å². The molecule has 0 aliphatic carbocycles. The van der Waals surface area contributed by atoms with Crippen molar-refractivity contribution < 1.29 is 4.74 Å². The van der Waals surface area contributed by atoms with Gasteiger partial charge in [-0.1, -0.05) is 20.8 Å². The van der Waals surface area contributed by atoms with Crippen molar-refractivity contribution in [3.05, 3.63) is 16.1 Å². The van der Waals surface area contributed by atoms with Crippen molar-refractivity contribution in [3.8, 4) is 0 Å². The summed E-state index contributed by atoms with van der Waals surface area (Å²) in [5, 5.41) is 10.1. The standard InChI is InChI=1S/C16H26N4OS.HI/c1-16(2,3)13-9-22-14(20-13)8-18-15(17-4)19-11-7-10-5-6-12(11)21-10;/h9-12H,5-8H2,1-4H3,(H2,17,18,19);1H. The minimum atomic E-state index is 0. The van der Waals surface area contributed by atoms with Crippen LogP contribution in [0.2, 0.25) is 0 Å². The molecule has 130 valence electrons. The number of fused-ring (bicyclic) bond motifs is 2. The smallest absolute Gasteiger partial charge is 0.191 e. The van der Waals surface area contributed by atoms with Crippen LogP contribution in [0.25, 0.3) is 0 Å². The van der Waals surface area contributed by atoms with Gasteiger partial charge in [0.05, 0.1) is 30.5 Å². The Balaban J connectivity index is 0.00000192. The van der Waals surface area contributed by atoms with Crippen molar-refractivity contribution in [1.82, 2.24) is 15.6 Å². The zero-order valence-corrected chi connectivity index (χ0v) is 17.4. The summed E-state index contributed by atoms with van der Waals surface area (Å²) in [6.45, 7) is 7.28. The third-order valence-corrected chi connectivity index (χ3v) is 5.23. The molecule has 0 saturated carbocycles. The van der Waals surface area contributed by atoms with Crippen LogP contribution in [0.3, 0.4) is 0 Å². The Morgan fingerprint density at radius 3 is 2.74 bits per heavy atom. The lowest BCUT2D eigenvalue weighted by Crippen LogP contribution is -2.47. The largest absolute Gasteiger partial charge is 0.373 e. The number of halogens is 1. The van der Waals surface area contributed by atoms with Crippen LogP contribution in [-0.2, 0) is 16.7 Å². The lowest BCUT2D eigenvalue weighted by atomic mass is 9.93. The number of aliphatic imine (C=N–C) groups is 1. The highest BCUT2D eigenvalue weighted by atomic mass is 127. The third-order valence-electron chi connectivity index (χ3n) is 4.38. The van der Waals surface area contributed by atoms with E-state index in [1.165, 1.54) is 12.8 Å². The zero-order chi connectivity index (χ0) is 15.7. The molecule has 2 N–H and O–H groups in total. The second kappa shape index (κ2) is 7.65. The molecule has 2 bridgehead atoms. The van der Waals surface area contributed by atoms with Crippen molar-refractivity contribution in [2.45, 2.75) is 70.2 Å². The van der Waals surface area contributed by atoms with E-state index in [1.807, 2.05) is 7.05 Å². The first-order valence-corrected chi connectivity index (χ1v) is 8.91. The highest BCUT2D eigenvalue weighted by Crippen LogP contribution is 2.34. The van der Waals surface area contributed by atoms with Gasteiger partial charge in [-0.3, -0.25) is 4.99 Å². The first-order chi connectivity index (χ1) is 10.5. The molecule has 2 fully saturated rings. The van der Waals surface area contributed by atoms with Crippen molar-refractivity contribution >= 4 is 41.3 Å². The van der Waals surface area contributed by atoms with Crippen molar-refractivity contribution in [3.63, 3.8) is 0 Å². The zero-order valence-electron chi connectivity index (χ0n) is 14.3. The van der Waals surface area contributed by atoms with E-state index < -0.39 is 0 Å². The number of hydrogen-bond acceptors (Lipinski definition) is 4. The maximum Gasteiger partial charge on any atom is 0.191 e. The van der Waals surface area contributed by atoms with Crippen LogP contribution >= 0.6 is 35.3 Å². The average molecular weight is 450 g/mol. The first-order valence-electron chi connectivity index (χ1n) is 8.03. The topological polar surface area (TPSA) is 58.5 Å². The first kappa shape index (κ1) is 18.9.